The zero-order chi connectivity index (χ0) is 31.1. The topological polar surface area (TPSA) is 145 Å². The Morgan fingerprint density at radius 2 is 1.15 bits per heavy atom. The number of nitrogens with zero attached hydrogens (tertiary/aromatic N) is 4. The van der Waals surface area contributed by atoms with E-state index in [1.165, 1.54) is 12.4 Å². The molecule has 0 saturated carbocycles. The van der Waals surface area contributed by atoms with Gasteiger partial charge >= 0.3 is 41.5 Å². The molecule has 0 fully saturated rings. The number of pyridine rings is 4. The second kappa shape index (κ2) is 17.1. The number of halogens is 2. The minimum absolute atomic E-state index is 0. The average Bonchev–Trinajstić information content (AvgIpc) is 3.01. The van der Waals surface area contributed by atoms with Crippen molar-refractivity contribution in [3.05, 3.63) is 141 Å². The number of benzene rings is 2. The summed E-state index contributed by atoms with van der Waals surface area (Å²) in [4.78, 5) is 39.3. The van der Waals surface area contributed by atoms with Crippen LogP contribution in [0.15, 0.2) is 97.8 Å². The number of aromatic carboxylic acids is 1. The number of carboxylic acids is 1. The average molecular weight is 666 g/mol. The Hall–Kier alpha value is -3.96. The normalized spacial score (nSPS) is 10.2. The number of ether oxygens (including phenoxy) is 1. The predicted octanol–water partition coefficient (Wildman–Crippen LogP) is 4.45. The molecule has 46 heavy (non-hydrogen) atoms. The molecule has 0 radical (unpaired) electrons. The van der Waals surface area contributed by atoms with Crippen molar-refractivity contribution in [3.63, 3.8) is 0 Å². The van der Waals surface area contributed by atoms with Gasteiger partial charge in [-0.3, -0.25) is 19.9 Å². The molecule has 6 rings (SSSR count). The second-order valence-electron chi connectivity index (χ2n) is 9.90. The quantitative estimate of drug-likeness (QED) is 0.193. The summed E-state index contributed by atoms with van der Waals surface area (Å²) in [5.41, 5.74) is 6.39. The van der Waals surface area contributed by atoms with Crippen molar-refractivity contribution in [1.29, 1.82) is 0 Å². The summed E-state index contributed by atoms with van der Waals surface area (Å²) in [6.45, 7) is 2.13. The van der Waals surface area contributed by atoms with Crippen molar-refractivity contribution in [3.8, 4) is 0 Å². The molecule has 12 heteroatoms. The molecule has 2 N–H and O–H groups in total. The van der Waals surface area contributed by atoms with Crippen LogP contribution in [0.4, 0.5) is 0 Å². The van der Waals surface area contributed by atoms with E-state index < -0.39 is 5.97 Å². The van der Waals surface area contributed by atoms with Crippen LogP contribution in [0.25, 0.3) is 21.8 Å². The molecule has 0 aliphatic heterocycles. The summed E-state index contributed by atoms with van der Waals surface area (Å²) in [5.74, 6) is -1.32. The van der Waals surface area contributed by atoms with Crippen LogP contribution in [0.3, 0.4) is 0 Å². The summed E-state index contributed by atoms with van der Waals surface area (Å²) in [6.07, 6.45) is 10.8. The van der Waals surface area contributed by atoms with Gasteiger partial charge in [0.2, 0.25) is 0 Å². The van der Waals surface area contributed by atoms with E-state index in [-0.39, 0.29) is 46.6 Å². The maximum Gasteiger partial charge on any atom is 1.00 e. The molecule has 0 atom stereocenters. The number of esters is 1. The fourth-order valence-electron chi connectivity index (χ4n) is 4.61. The van der Waals surface area contributed by atoms with E-state index in [9.17, 15) is 9.59 Å². The van der Waals surface area contributed by atoms with Crippen molar-refractivity contribution in [2.24, 2.45) is 0 Å². The Kier molecular flexibility index (Phi) is 13.6. The van der Waals surface area contributed by atoms with Gasteiger partial charge in [0.1, 0.15) is 0 Å². The van der Waals surface area contributed by atoms with Gasteiger partial charge in [0, 0.05) is 48.0 Å². The van der Waals surface area contributed by atoms with Gasteiger partial charge in [0.05, 0.1) is 38.8 Å². The van der Waals surface area contributed by atoms with Gasteiger partial charge in [-0.05, 0) is 90.6 Å². The van der Waals surface area contributed by atoms with Crippen LogP contribution in [-0.2, 0) is 17.6 Å². The zero-order valence-electron chi connectivity index (χ0n) is 25.0. The van der Waals surface area contributed by atoms with Gasteiger partial charge in [-0.25, -0.2) is 9.59 Å². The van der Waals surface area contributed by atoms with Gasteiger partial charge in [0.25, 0.3) is 0 Å². The van der Waals surface area contributed by atoms with Crippen LogP contribution >= 0.6 is 23.2 Å². The first kappa shape index (κ1) is 36.5. The van der Waals surface area contributed by atoms with E-state index in [2.05, 4.69) is 19.9 Å². The van der Waals surface area contributed by atoms with E-state index in [1.807, 2.05) is 54.6 Å². The van der Waals surface area contributed by atoms with Crippen molar-refractivity contribution in [2.45, 2.75) is 19.8 Å². The summed E-state index contributed by atoms with van der Waals surface area (Å²) < 4.78 is 5.00. The fourth-order valence-corrected chi connectivity index (χ4v) is 4.94. The first-order valence-electron chi connectivity index (χ1n) is 13.6. The summed E-state index contributed by atoms with van der Waals surface area (Å²) >= 11 is 11.9. The molecule has 0 bridgehead atoms. The first-order valence-corrected chi connectivity index (χ1v) is 14.4. The van der Waals surface area contributed by atoms with Crippen LogP contribution in [0.1, 0.15) is 49.9 Å². The first-order chi connectivity index (χ1) is 21.3. The van der Waals surface area contributed by atoms with Crippen LogP contribution < -0.4 is 29.6 Å². The van der Waals surface area contributed by atoms with E-state index in [0.29, 0.717) is 35.1 Å². The maximum atomic E-state index is 11.8. The Morgan fingerprint density at radius 1 is 0.674 bits per heavy atom. The number of carboxylic acid groups (broad SMARTS) is 1. The standard InChI is InChI=1S/C18H15ClN2O2.C16H11ClN2O2.Na.H2O/c1-2-23-18(22)15-7-13(9-20-10-15)5-12-3-4-17-14(6-12)8-16(19)11-21-17;17-14-6-12-4-10(1-2-15(12)19-9-14)3-11-5-13(16(20)21)8-18-7-11;;/h3-4,6-11H,2,5H2,1H3;1-2,4-9H,3H2,(H,20,21);;1H2/q;;+1;/p-1. The molecule has 228 valence electrons. The molecule has 0 aliphatic rings. The third-order valence-electron chi connectivity index (χ3n) is 6.59. The molecule has 6 aromatic rings. The van der Waals surface area contributed by atoms with Crippen molar-refractivity contribution < 1.29 is 54.5 Å². The van der Waals surface area contributed by atoms with Gasteiger partial charge in [-0.2, -0.15) is 0 Å². The van der Waals surface area contributed by atoms with Gasteiger partial charge in [0.15, 0.2) is 0 Å². The summed E-state index contributed by atoms with van der Waals surface area (Å²) in [5, 5.41) is 12.1. The van der Waals surface area contributed by atoms with E-state index >= 15 is 0 Å². The van der Waals surface area contributed by atoms with Crippen molar-refractivity contribution in [2.75, 3.05) is 6.61 Å². The van der Waals surface area contributed by atoms with Crippen LogP contribution in [0.5, 0.6) is 0 Å². The molecule has 4 aromatic heterocycles. The summed E-state index contributed by atoms with van der Waals surface area (Å²) in [6, 6.07) is 19.1. The van der Waals surface area contributed by atoms with Crippen LogP contribution in [0.2, 0.25) is 10.0 Å². The molecule has 0 saturated heterocycles. The van der Waals surface area contributed by atoms with Crippen LogP contribution in [-0.4, -0.2) is 49.1 Å². The Bertz CT molecular complexity index is 1990. The third-order valence-corrected chi connectivity index (χ3v) is 7.00. The molecule has 0 unspecified atom stereocenters. The maximum absolute atomic E-state index is 11.8. The number of carbonyl (C=O) groups is 2. The molecular formula is C34H27Cl2N4NaO5. The molecule has 0 aliphatic carbocycles. The smallest absolute Gasteiger partial charge is 0.870 e. The minimum atomic E-state index is -0.973. The Labute approximate surface area is 297 Å². The zero-order valence-corrected chi connectivity index (χ0v) is 28.5. The van der Waals surface area contributed by atoms with Crippen molar-refractivity contribution >= 4 is 56.9 Å². The molecule has 2 aromatic carbocycles. The van der Waals surface area contributed by atoms with Gasteiger partial charge in [-0.15, -0.1) is 0 Å². The molecule has 0 spiro atoms. The molecule has 9 nitrogen and oxygen atoms in total. The number of carbonyl (C=O) groups excluding carboxylic acids is 1. The number of hydrogen-bond acceptors (Lipinski definition) is 8. The van der Waals surface area contributed by atoms with Gasteiger partial charge in [-0.1, -0.05) is 35.3 Å². The van der Waals surface area contributed by atoms with E-state index in [1.54, 1.807) is 37.8 Å². The molecule has 4 heterocycles. The van der Waals surface area contributed by atoms with E-state index in [4.69, 9.17) is 33.0 Å². The minimum Gasteiger partial charge on any atom is -0.870 e. The van der Waals surface area contributed by atoms with Crippen molar-refractivity contribution in [1.82, 2.24) is 19.9 Å². The third kappa shape index (κ3) is 9.77. The molecule has 0 amide bonds. The number of rotatable bonds is 7. The van der Waals surface area contributed by atoms with Crippen LogP contribution in [0, 0.1) is 0 Å². The monoisotopic (exact) mass is 664 g/mol. The SMILES string of the molecule is CCOC(=O)c1cncc(Cc2ccc3ncc(Cl)cc3c2)c1.O=C(O)c1cncc(Cc2ccc3ncc(Cl)cc3c2)c1.[Na+].[OH-]. The number of hydrogen-bond donors (Lipinski definition) is 1. The second-order valence-corrected chi connectivity index (χ2v) is 10.8. The largest absolute Gasteiger partial charge is 1.00 e. The van der Waals surface area contributed by atoms with Gasteiger partial charge < -0.3 is 15.3 Å². The molecular weight excluding hydrogens is 638 g/mol. The fraction of sp³-hybridized carbons (Fsp3) is 0.118. The summed E-state index contributed by atoms with van der Waals surface area (Å²) in [7, 11) is 0. The Balaban J connectivity index is 0.000000241. The number of aromatic nitrogens is 4. The Morgan fingerprint density at radius 3 is 1.63 bits per heavy atom. The predicted molar refractivity (Wildman–Crippen MR) is 172 cm³/mol. The van der Waals surface area contributed by atoms with E-state index in [0.717, 1.165) is 44.1 Å². The number of fused-ring (bicyclic) bond motifs is 2.